The number of ether oxygens (including phenoxy) is 2. The fourth-order valence-corrected chi connectivity index (χ4v) is 1.95. The number of benzene rings is 1. The molecule has 1 saturated heterocycles. The summed E-state index contributed by atoms with van der Waals surface area (Å²) in [5.41, 5.74) is 1.15. The van der Waals surface area contributed by atoms with Gasteiger partial charge in [-0.25, -0.2) is 0 Å². The molecule has 1 aliphatic rings. The second-order valence-electron chi connectivity index (χ2n) is 4.72. The van der Waals surface area contributed by atoms with Gasteiger partial charge in [0.1, 0.15) is 0 Å². The molecule has 4 nitrogen and oxygen atoms in total. The molecular formula is C13H19NO3. The lowest BCUT2D eigenvalue weighted by Gasteiger charge is -2.23. The second-order valence-corrected chi connectivity index (χ2v) is 4.72. The summed E-state index contributed by atoms with van der Waals surface area (Å²) in [7, 11) is 1.55. The number of nitrogens with one attached hydrogen (secondary N) is 1. The molecule has 1 fully saturated rings. The van der Waals surface area contributed by atoms with Gasteiger partial charge in [0.05, 0.1) is 13.7 Å². The molecule has 1 atom stereocenters. The van der Waals surface area contributed by atoms with E-state index in [4.69, 9.17) is 9.47 Å². The fourth-order valence-electron chi connectivity index (χ4n) is 1.95. The van der Waals surface area contributed by atoms with Crippen molar-refractivity contribution >= 4 is 0 Å². The molecule has 1 aliphatic heterocycles. The van der Waals surface area contributed by atoms with E-state index in [1.54, 1.807) is 13.2 Å². The van der Waals surface area contributed by atoms with E-state index in [9.17, 15) is 5.11 Å². The highest BCUT2D eigenvalue weighted by molar-refractivity contribution is 5.41. The molecular weight excluding hydrogens is 218 g/mol. The maximum atomic E-state index is 9.50. The first-order chi connectivity index (χ1) is 8.13. The average molecular weight is 237 g/mol. The van der Waals surface area contributed by atoms with Gasteiger partial charge in [-0.2, -0.15) is 0 Å². The third-order valence-electron chi connectivity index (χ3n) is 3.18. The maximum absolute atomic E-state index is 9.50. The Bertz CT molecular complexity index is 386. The first-order valence-corrected chi connectivity index (χ1v) is 5.82. The van der Waals surface area contributed by atoms with Crippen LogP contribution in [0.5, 0.6) is 11.5 Å². The van der Waals surface area contributed by atoms with Crippen molar-refractivity contribution in [3.8, 4) is 11.5 Å². The summed E-state index contributed by atoms with van der Waals surface area (Å²) in [6.45, 7) is 4.48. The summed E-state index contributed by atoms with van der Waals surface area (Å²) in [5, 5.41) is 13.0. The molecule has 1 aromatic rings. The average Bonchev–Trinajstić information content (AvgIpc) is 2.76. The zero-order valence-electron chi connectivity index (χ0n) is 10.3. The van der Waals surface area contributed by atoms with Crippen LogP contribution in [0.3, 0.4) is 0 Å². The lowest BCUT2D eigenvalue weighted by atomic mass is 10.0. The van der Waals surface area contributed by atoms with Gasteiger partial charge < -0.3 is 19.9 Å². The van der Waals surface area contributed by atoms with Gasteiger partial charge >= 0.3 is 0 Å². The molecule has 0 bridgehead atoms. The van der Waals surface area contributed by atoms with Gasteiger partial charge in [0.25, 0.3) is 0 Å². The van der Waals surface area contributed by atoms with E-state index >= 15 is 0 Å². The molecule has 17 heavy (non-hydrogen) atoms. The third-order valence-corrected chi connectivity index (χ3v) is 3.18. The Morgan fingerprint density at radius 2 is 2.35 bits per heavy atom. The van der Waals surface area contributed by atoms with Crippen molar-refractivity contribution in [2.45, 2.75) is 25.4 Å². The van der Waals surface area contributed by atoms with E-state index < -0.39 is 0 Å². The van der Waals surface area contributed by atoms with Gasteiger partial charge in [0.15, 0.2) is 11.5 Å². The Hall–Kier alpha value is -1.26. The molecule has 0 spiro atoms. The Kier molecular flexibility index (Phi) is 3.54. The van der Waals surface area contributed by atoms with E-state index in [-0.39, 0.29) is 11.3 Å². The van der Waals surface area contributed by atoms with Gasteiger partial charge in [-0.05, 0) is 31.0 Å². The first-order valence-electron chi connectivity index (χ1n) is 5.82. The molecule has 0 aliphatic carbocycles. The van der Waals surface area contributed by atoms with Crippen molar-refractivity contribution in [3.63, 3.8) is 0 Å². The minimum Gasteiger partial charge on any atom is -0.504 e. The van der Waals surface area contributed by atoms with Crippen molar-refractivity contribution < 1.29 is 14.6 Å². The minimum absolute atomic E-state index is 0.0606. The Balaban J connectivity index is 1.99. The Morgan fingerprint density at radius 3 is 3.00 bits per heavy atom. The summed E-state index contributed by atoms with van der Waals surface area (Å²) in [5.74, 6) is 0.684. The molecule has 1 heterocycles. The molecule has 1 unspecified atom stereocenters. The first kappa shape index (κ1) is 12.2. The highest BCUT2D eigenvalue weighted by Gasteiger charge is 2.28. The van der Waals surface area contributed by atoms with Gasteiger partial charge in [0, 0.05) is 18.7 Å². The van der Waals surface area contributed by atoms with Crippen LogP contribution in [0.15, 0.2) is 18.2 Å². The van der Waals surface area contributed by atoms with Crippen LogP contribution >= 0.6 is 0 Å². The molecule has 2 rings (SSSR count). The number of hydrogen-bond acceptors (Lipinski definition) is 4. The summed E-state index contributed by atoms with van der Waals surface area (Å²) in [4.78, 5) is 0. The normalized spacial score (nSPS) is 23.9. The number of phenols is 1. The van der Waals surface area contributed by atoms with Gasteiger partial charge in [0.2, 0.25) is 0 Å². The topological polar surface area (TPSA) is 50.7 Å². The van der Waals surface area contributed by atoms with Crippen LogP contribution in [-0.4, -0.2) is 31.0 Å². The summed E-state index contributed by atoms with van der Waals surface area (Å²) >= 11 is 0. The van der Waals surface area contributed by atoms with Gasteiger partial charge in [-0.15, -0.1) is 0 Å². The zero-order chi connectivity index (χ0) is 12.3. The standard InChI is InChI=1S/C13H19NO3/c1-13(5-6-17-9-13)14-8-10-3-4-11(15)12(7-10)16-2/h3-4,7,14-15H,5-6,8-9H2,1-2H3. The predicted molar refractivity (Wildman–Crippen MR) is 65.3 cm³/mol. The van der Waals surface area contributed by atoms with Crippen LogP contribution in [-0.2, 0) is 11.3 Å². The molecule has 0 amide bonds. The lowest BCUT2D eigenvalue weighted by Crippen LogP contribution is -2.42. The van der Waals surface area contributed by atoms with E-state index in [1.807, 2.05) is 12.1 Å². The molecule has 0 radical (unpaired) electrons. The Morgan fingerprint density at radius 1 is 1.53 bits per heavy atom. The van der Waals surface area contributed by atoms with E-state index in [1.165, 1.54) is 0 Å². The summed E-state index contributed by atoms with van der Waals surface area (Å²) in [6.07, 6.45) is 1.03. The summed E-state index contributed by atoms with van der Waals surface area (Å²) < 4.78 is 10.5. The van der Waals surface area contributed by atoms with Crippen molar-refractivity contribution in [2.75, 3.05) is 20.3 Å². The lowest BCUT2D eigenvalue weighted by molar-refractivity contribution is 0.171. The van der Waals surface area contributed by atoms with Crippen LogP contribution in [0.1, 0.15) is 18.9 Å². The highest BCUT2D eigenvalue weighted by Crippen LogP contribution is 2.26. The van der Waals surface area contributed by atoms with E-state index in [0.717, 1.165) is 31.7 Å². The van der Waals surface area contributed by atoms with Crippen LogP contribution in [0, 0.1) is 0 Å². The number of phenolic OH excluding ortho intramolecular Hbond substituents is 1. The molecule has 2 N–H and O–H groups in total. The van der Waals surface area contributed by atoms with Crippen molar-refractivity contribution in [3.05, 3.63) is 23.8 Å². The van der Waals surface area contributed by atoms with Crippen LogP contribution in [0.25, 0.3) is 0 Å². The van der Waals surface area contributed by atoms with Crippen LogP contribution in [0.2, 0.25) is 0 Å². The zero-order valence-corrected chi connectivity index (χ0v) is 10.3. The quantitative estimate of drug-likeness (QED) is 0.836. The highest BCUT2D eigenvalue weighted by atomic mass is 16.5. The largest absolute Gasteiger partial charge is 0.504 e. The Labute approximate surface area is 102 Å². The molecule has 94 valence electrons. The monoisotopic (exact) mass is 237 g/mol. The molecule has 1 aromatic carbocycles. The minimum atomic E-state index is 0.0606. The molecule has 4 heteroatoms. The summed E-state index contributed by atoms with van der Waals surface area (Å²) in [6, 6.07) is 5.40. The number of rotatable bonds is 4. The molecule has 0 aromatic heterocycles. The third kappa shape index (κ3) is 2.90. The van der Waals surface area contributed by atoms with Crippen molar-refractivity contribution in [1.82, 2.24) is 5.32 Å². The van der Waals surface area contributed by atoms with Gasteiger partial charge in [-0.1, -0.05) is 6.07 Å². The number of methoxy groups -OCH3 is 1. The number of hydrogen-bond donors (Lipinski definition) is 2. The van der Waals surface area contributed by atoms with Crippen molar-refractivity contribution in [2.24, 2.45) is 0 Å². The van der Waals surface area contributed by atoms with Crippen LogP contribution in [0.4, 0.5) is 0 Å². The van der Waals surface area contributed by atoms with Crippen LogP contribution < -0.4 is 10.1 Å². The number of aromatic hydroxyl groups is 1. The second kappa shape index (κ2) is 4.94. The smallest absolute Gasteiger partial charge is 0.160 e. The SMILES string of the molecule is COc1cc(CNC2(C)CCOC2)ccc1O. The maximum Gasteiger partial charge on any atom is 0.160 e. The molecule has 0 saturated carbocycles. The predicted octanol–water partition coefficient (Wildman–Crippen LogP) is 1.67. The van der Waals surface area contributed by atoms with E-state index in [0.29, 0.717) is 5.75 Å². The van der Waals surface area contributed by atoms with Gasteiger partial charge in [-0.3, -0.25) is 0 Å². The van der Waals surface area contributed by atoms with E-state index in [2.05, 4.69) is 12.2 Å². The fraction of sp³-hybridized carbons (Fsp3) is 0.538. The van der Waals surface area contributed by atoms with Crippen molar-refractivity contribution in [1.29, 1.82) is 0 Å².